The van der Waals surface area contributed by atoms with Gasteiger partial charge in [0.25, 0.3) is 0 Å². The Morgan fingerprint density at radius 2 is 1.22 bits per heavy atom. The smallest absolute Gasteiger partial charge is 0.00897 e. The van der Waals surface area contributed by atoms with Gasteiger partial charge in [0.1, 0.15) is 0 Å². The zero-order valence-corrected chi connectivity index (χ0v) is 19.0. The van der Waals surface area contributed by atoms with Gasteiger partial charge in [-0.15, -0.1) is 27.7 Å². The van der Waals surface area contributed by atoms with E-state index in [4.69, 9.17) is 0 Å². The van der Waals surface area contributed by atoms with Gasteiger partial charge in [0, 0.05) is 0 Å². The summed E-state index contributed by atoms with van der Waals surface area (Å²) >= 11 is 0. The summed E-state index contributed by atoms with van der Waals surface area (Å²) in [6, 6.07) is 25.0. The van der Waals surface area contributed by atoms with Crippen molar-refractivity contribution >= 4 is 27.7 Å². The fourth-order valence-corrected chi connectivity index (χ4v) is 5.65. The van der Waals surface area contributed by atoms with Crippen LogP contribution >= 0.6 is 27.7 Å². The molecule has 0 spiro atoms. The fraction of sp³-hybridized carbons (Fsp3) is 0.250. The minimum atomic E-state index is 0.678. The van der Waals surface area contributed by atoms with E-state index in [1.54, 1.807) is 11.1 Å². The number of hydrogen-bond donors (Lipinski definition) is 0. The highest BCUT2D eigenvalue weighted by atomic mass is 31.0. The van der Waals surface area contributed by atoms with Crippen molar-refractivity contribution in [2.75, 3.05) is 12.3 Å². The Hall–Kier alpha value is -1.05. The largest absolute Gasteiger partial charge is 0.137 e. The predicted octanol–water partition coefficient (Wildman–Crippen LogP) is 6.40. The summed E-state index contributed by atoms with van der Waals surface area (Å²) < 4.78 is 0. The molecule has 0 saturated heterocycles. The molecule has 0 bridgehead atoms. The van der Waals surface area contributed by atoms with E-state index < -0.39 is 0 Å². The van der Waals surface area contributed by atoms with Gasteiger partial charge in [-0.3, -0.25) is 0 Å². The standard InChI is InChI=1S/C24H27P3/c25-13-16-1-3-17(4-2-16)18-5-7-19(8-6-18)20-9-10-21-11-22(14-26)24(15-27)23(21)12-20/h1-10,12,22,24H,11,13-15,25-27H2. The minimum Gasteiger partial charge on any atom is -0.137 e. The summed E-state index contributed by atoms with van der Waals surface area (Å²) in [6.45, 7) is 0. The van der Waals surface area contributed by atoms with E-state index in [-0.39, 0.29) is 0 Å². The molecule has 5 unspecified atom stereocenters. The molecule has 27 heavy (non-hydrogen) atoms. The third-order valence-electron chi connectivity index (χ3n) is 5.89. The lowest BCUT2D eigenvalue weighted by Crippen LogP contribution is -2.10. The SMILES string of the molecule is PCc1ccc(-c2ccc(-c3ccc4c(c3)C(CP)C(CP)C4)cc2)cc1. The summed E-state index contributed by atoms with van der Waals surface area (Å²) in [7, 11) is 8.68. The Morgan fingerprint density at radius 3 is 1.78 bits per heavy atom. The summed E-state index contributed by atoms with van der Waals surface area (Å²) in [5.41, 5.74) is 9.67. The van der Waals surface area contributed by atoms with Crippen LogP contribution in [0.1, 0.15) is 22.6 Å². The molecule has 0 radical (unpaired) electrons. The normalized spacial score (nSPS) is 18.5. The van der Waals surface area contributed by atoms with Crippen molar-refractivity contribution in [2.24, 2.45) is 5.92 Å². The van der Waals surface area contributed by atoms with Crippen molar-refractivity contribution in [1.82, 2.24) is 0 Å². The number of hydrogen-bond acceptors (Lipinski definition) is 0. The third kappa shape index (κ3) is 3.91. The van der Waals surface area contributed by atoms with Crippen LogP contribution in [0.2, 0.25) is 0 Å². The van der Waals surface area contributed by atoms with Crippen molar-refractivity contribution in [1.29, 1.82) is 0 Å². The molecule has 0 heterocycles. The molecule has 4 rings (SSSR count). The molecular formula is C24H27P3. The Kier molecular flexibility index (Phi) is 6.09. The zero-order valence-electron chi connectivity index (χ0n) is 15.6. The van der Waals surface area contributed by atoms with Crippen molar-refractivity contribution in [3.05, 3.63) is 83.4 Å². The Balaban J connectivity index is 1.61. The average molecular weight is 408 g/mol. The number of benzene rings is 3. The first-order valence-corrected chi connectivity index (χ1v) is 12.1. The quantitative estimate of drug-likeness (QED) is 0.429. The molecule has 0 aliphatic heterocycles. The predicted molar refractivity (Wildman–Crippen MR) is 130 cm³/mol. The van der Waals surface area contributed by atoms with Gasteiger partial charge in [0.15, 0.2) is 0 Å². The van der Waals surface area contributed by atoms with Gasteiger partial charge in [-0.1, -0.05) is 66.7 Å². The molecule has 0 fully saturated rings. The van der Waals surface area contributed by atoms with Crippen molar-refractivity contribution in [3.63, 3.8) is 0 Å². The fourth-order valence-electron chi connectivity index (χ4n) is 4.24. The molecule has 0 saturated carbocycles. The molecule has 3 aromatic rings. The van der Waals surface area contributed by atoms with Crippen LogP contribution in [-0.2, 0) is 12.6 Å². The van der Waals surface area contributed by atoms with Crippen LogP contribution in [0.15, 0.2) is 66.7 Å². The van der Waals surface area contributed by atoms with Crippen molar-refractivity contribution in [3.8, 4) is 22.3 Å². The van der Waals surface area contributed by atoms with E-state index in [0.717, 1.165) is 18.2 Å². The summed E-state index contributed by atoms with van der Waals surface area (Å²) in [5.74, 6) is 1.45. The topological polar surface area (TPSA) is 0 Å². The maximum Gasteiger partial charge on any atom is -0.00897 e. The molecule has 0 amide bonds. The molecule has 0 nitrogen and oxygen atoms in total. The second-order valence-electron chi connectivity index (χ2n) is 7.43. The van der Waals surface area contributed by atoms with Gasteiger partial charge in [-0.05, 0) is 75.7 Å². The highest BCUT2D eigenvalue weighted by Crippen LogP contribution is 2.41. The minimum absolute atomic E-state index is 0.678. The lowest BCUT2D eigenvalue weighted by atomic mass is 9.93. The molecule has 1 aliphatic rings. The molecule has 0 N–H and O–H groups in total. The van der Waals surface area contributed by atoms with Crippen molar-refractivity contribution in [2.45, 2.75) is 18.5 Å². The van der Waals surface area contributed by atoms with E-state index in [0.29, 0.717) is 5.92 Å². The summed E-state index contributed by atoms with van der Waals surface area (Å²) in [6.07, 6.45) is 4.57. The molecule has 138 valence electrons. The first kappa shape index (κ1) is 19.3. The van der Waals surface area contributed by atoms with E-state index in [2.05, 4.69) is 94.4 Å². The van der Waals surface area contributed by atoms with Crippen LogP contribution in [-0.4, -0.2) is 12.3 Å². The molecule has 1 aliphatic carbocycles. The molecule has 5 atom stereocenters. The van der Waals surface area contributed by atoms with E-state index in [1.165, 1.54) is 40.4 Å². The van der Waals surface area contributed by atoms with Gasteiger partial charge < -0.3 is 0 Å². The van der Waals surface area contributed by atoms with Crippen LogP contribution in [0, 0.1) is 5.92 Å². The summed E-state index contributed by atoms with van der Waals surface area (Å²) in [4.78, 5) is 0. The average Bonchev–Trinajstić information content (AvgIpc) is 3.11. The van der Waals surface area contributed by atoms with Crippen LogP contribution in [0.4, 0.5) is 0 Å². The molecular weight excluding hydrogens is 381 g/mol. The highest BCUT2D eigenvalue weighted by Gasteiger charge is 2.30. The monoisotopic (exact) mass is 408 g/mol. The lowest BCUT2D eigenvalue weighted by Gasteiger charge is -2.17. The second-order valence-corrected chi connectivity index (χ2v) is 8.79. The van der Waals surface area contributed by atoms with Gasteiger partial charge in [-0.25, -0.2) is 0 Å². The third-order valence-corrected chi connectivity index (χ3v) is 7.48. The van der Waals surface area contributed by atoms with Gasteiger partial charge in [0.2, 0.25) is 0 Å². The first-order valence-electron chi connectivity index (χ1n) is 9.66. The molecule has 3 aromatic carbocycles. The van der Waals surface area contributed by atoms with Crippen LogP contribution in [0.5, 0.6) is 0 Å². The van der Waals surface area contributed by atoms with Crippen molar-refractivity contribution < 1.29 is 0 Å². The Morgan fingerprint density at radius 1 is 0.667 bits per heavy atom. The maximum absolute atomic E-state index is 2.96. The van der Waals surface area contributed by atoms with Crippen LogP contribution < -0.4 is 0 Å². The van der Waals surface area contributed by atoms with E-state index >= 15 is 0 Å². The first-order chi connectivity index (χ1) is 13.2. The van der Waals surface area contributed by atoms with E-state index in [9.17, 15) is 0 Å². The lowest BCUT2D eigenvalue weighted by molar-refractivity contribution is 0.547. The summed E-state index contributed by atoms with van der Waals surface area (Å²) in [5, 5.41) is 0. The highest BCUT2D eigenvalue weighted by molar-refractivity contribution is 7.17. The number of rotatable bonds is 5. The molecule has 0 aromatic heterocycles. The Labute approximate surface area is 170 Å². The van der Waals surface area contributed by atoms with Crippen LogP contribution in [0.3, 0.4) is 0 Å². The molecule has 3 heteroatoms. The zero-order chi connectivity index (χ0) is 18.8. The Bertz CT molecular complexity index is 913. The van der Waals surface area contributed by atoms with Crippen LogP contribution in [0.25, 0.3) is 22.3 Å². The van der Waals surface area contributed by atoms with E-state index in [1.807, 2.05) is 0 Å². The van der Waals surface area contributed by atoms with Gasteiger partial charge in [0.05, 0.1) is 0 Å². The van der Waals surface area contributed by atoms with Gasteiger partial charge in [-0.2, -0.15) is 0 Å². The maximum atomic E-state index is 2.96. The second kappa shape index (κ2) is 8.53. The number of fused-ring (bicyclic) bond motifs is 1. The van der Waals surface area contributed by atoms with Gasteiger partial charge >= 0.3 is 0 Å².